The molecule has 2 N–H and O–H groups in total. The van der Waals surface area contributed by atoms with Gasteiger partial charge in [-0.15, -0.1) is 11.3 Å². The van der Waals surface area contributed by atoms with Crippen LogP contribution in [0.4, 0.5) is 0 Å². The van der Waals surface area contributed by atoms with Crippen LogP contribution in [0.25, 0.3) is 0 Å². The minimum absolute atomic E-state index is 0.00532. The lowest BCUT2D eigenvalue weighted by atomic mass is 10.1. The Labute approximate surface area is 151 Å². The predicted octanol–water partition coefficient (Wildman–Crippen LogP) is 1.44. The summed E-state index contributed by atoms with van der Waals surface area (Å²) in [5.41, 5.74) is 0. The fourth-order valence-corrected chi connectivity index (χ4v) is 5.99. The van der Waals surface area contributed by atoms with Crippen LogP contribution in [0.3, 0.4) is 0 Å². The molecule has 138 valence electrons. The molecule has 3 rings (SSSR count). The van der Waals surface area contributed by atoms with Crippen molar-refractivity contribution in [3.63, 3.8) is 0 Å². The van der Waals surface area contributed by atoms with E-state index in [0.29, 0.717) is 30.3 Å². The molecular weight excluding hydrogens is 364 g/mol. The van der Waals surface area contributed by atoms with Crippen molar-refractivity contribution in [3.8, 4) is 0 Å². The van der Waals surface area contributed by atoms with E-state index in [1.165, 1.54) is 10.4 Å². The van der Waals surface area contributed by atoms with Crippen molar-refractivity contribution < 1.29 is 23.1 Å². The van der Waals surface area contributed by atoms with Gasteiger partial charge in [0.05, 0.1) is 6.42 Å². The van der Waals surface area contributed by atoms with Crippen molar-refractivity contribution in [2.24, 2.45) is 5.92 Å². The summed E-state index contributed by atoms with van der Waals surface area (Å²) in [6.45, 7) is 1.08. The molecule has 1 saturated heterocycles. The van der Waals surface area contributed by atoms with Gasteiger partial charge in [-0.2, -0.15) is 4.31 Å². The molecule has 1 unspecified atom stereocenters. The highest BCUT2D eigenvalue weighted by Crippen LogP contribution is 2.33. The van der Waals surface area contributed by atoms with Gasteiger partial charge in [-0.3, -0.25) is 4.79 Å². The van der Waals surface area contributed by atoms with Crippen molar-refractivity contribution in [1.82, 2.24) is 9.62 Å². The molecular formula is C16H22N2O5S2. The molecule has 7 nitrogen and oxygen atoms in total. The topological polar surface area (TPSA) is 104 Å². The number of nitrogens with zero attached hydrogens (tertiary/aromatic N) is 1. The van der Waals surface area contributed by atoms with Gasteiger partial charge in [-0.25, -0.2) is 13.2 Å². The lowest BCUT2D eigenvalue weighted by Crippen LogP contribution is -2.41. The van der Waals surface area contributed by atoms with E-state index in [-0.39, 0.29) is 16.5 Å². The number of sulfonamides is 1. The summed E-state index contributed by atoms with van der Waals surface area (Å²) in [6, 6.07) is 2.29. The van der Waals surface area contributed by atoms with Gasteiger partial charge in [-0.05, 0) is 37.3 Å². The summed E-state index contributed by atoms with van der Waals surface area (Å²) < 4.78 is 26.7. The van der Waals surface area contributed by atoms with E-state index in [1.807, 2.05) is 0 Å². The smallest absolute Gasteiger partial charge is 0.326 e. The van der Waals surface area contributed by atoms with Crippen LogP contribution in [-0.4, -0.2) is 48.8 Å². The van der Waals surface area contributed by atoms with Crippen LogP contribution in [0.1, 0.15) is 37.0 Å². The zero-order valence-electron chi connectivity index (χ0n) is 13.8. The third kappa shape index (κ3) is 4.59. The van der Waals surface area contributed by atoms with E-state index in [4.69, 9.17) is 0 Å². The lowest BCUT2D eigenvalue weighted by Gasteiger charge is -2.14. The number of hydrogen-bond donors (Lipinski definition) is 2. The highest BCUT2D eigenvalue weighted by atomic mass is 32.2. The largest absolute Gasteiger partial charge is 0.480 e. The molecule has 1 aromatic heterocycles. The van der Waals surface area contributed by atoms with Crippen LogP contribution in [0.15, 0.2) is 16.3 Å². The first-order chi connectivity index (χ1) is 11.9. The number of carboxylic acids is 1. The van der Waals surface area contributed by atoms with Gasteiger partial charge in [0, 0.05) is 18.0 Å². The first kappa shape index (κ1) is 18.3. The van der Waals surface area contributed by atoms with Crippen LogP contribution in [-0.2, 0) is 26.0 Å². The van der Waals surface area contributed by atoms with Gasteiger partial charge in [0.25, 0.3) is 10.0 Å². The van der Waals surface area contributed by atoms with E-state index in [0.717, 1.165) is 37.0 Å². The molecule has 0 spiro atoms. The average Bonchev–Trinajstić information content (AvgIpc) is 3.03. The number of thiophene rings is 1. The van der Waals surface area contributed by atoms with Crippen molar-refractivity contribution in [2.45, 2.75) is 48.8 Å². The highest BCUT2D eigenvalue weighted by molar-refractivity contribution is 7.91. The Morgan fingerprint density at radius 3 is 2.56 bits per heavy atom. The number of hydrogen-bond acceptors (Lipinski definition) is 5. The molecule has 0 radical (unpaired) electrons. The van der Waals surface area contributed by atoms with Crippen molar-refractivity contribution in [1.29, 1.82) is 0 Å². The van der Waals surface area contributed by atoms with Gasteiger partial charge < -0.3 is 10.4 Å². The van der Waals surface area contributed by atoms with Crippen molar-refractivity contribution >= 4 is 33.2 Å². The second-order valence-corrected chi connectivity index (χ2v) is 9.98. The fraction of sp³-hybridized carbons (Fsp3) is 0.625. The third-order valence-electron chi connectivity index (χ3n) is 4.53. The molecule has 1 aliphatic carbocycles. The van der Waals surface area contributed by atoms with Crippen molar-refractivity contribution in [2.75, 3.05) is 13.1 Å². The minimum atomic E-state index is -3.47. The van der Waals surface area contributed by atoms with Gasteiger partial charge in [0.1, 0.15) is 10.3 Å². The number of nitrogens with one attached hydrogen (secondary N) is 1. The molecule has 25 heavy (non-hydrogen) atoms. The molecule has 0 bridgehead atoms. The normalized spacial score (nSPS) is 19.7. The number of carboxylic acid groups (broad SMARTS) is 1. The Bertz CT molecular complexity index is 748. The number of carbonyl (C=O) groups excluding carboxylic acids is 1. The SMILES string of the molecule is O=C(Cc1ccc(S(=O)(=O)N2CCCC2)s1)NC(CC1CC1)C(=O)O. The fourth-order valence-electron chi connectivity index (χ4n) is 2.96. The molecule has 1 saturated carbocycles. The van der Waals surface area contributed by atoms with Crippen LogP contribution in [0, 0.1) is 5.92 Å². The molecule has 1 aliphatic heterocycles. The summed E-state index contributed by atoms with van der Waals surface area (Å²) in [6.07, 6.45) is 4.23. The molecule has 1 amide bonds. The second kappa shape index (κ2) is 7.43. The Hall–Kier alpha value is -1.45. The summed E-state index contributed by atoms with van der Waals surface area (Å²) in [7, 11) is -3.47. The van der Waals surface area contributed by atoms with E-state index in [1.54, 1.807) is 6.07 Å². The molecule has 2 fully saturated rings. The molecule has 2 heterocycles. The third-order valence-corrected chi connectivity index (χ3v) is 7.98. The first-order valence-electron chi connectivity index (χ1n) is 8.47. The van der Waals surface area contributed by atoms with Gasteiger partial charge in [-0.1, -0.05) is 12.8 Å². The molecule has 2 aliphatic rings. The predicted molar refractivity (Wildman–Crippen MR) is 92.9 cm³/mol. The summed E-state index contributed by atoms with van der Waals surface area (Å²) in [4.78, 5) is 24.0. The number of rotatable bonds is 8. The van der Waals surface area contributed by atoms with Gasteiger partial charge in [0.2, 0.25) is 5.91 Å². The standard InChI is InChI=1S/C16H22N2O5S2/c19-14(17-13(16(20)21)9-11-3-4-11)10-12-5-6-15(24-12)25(22,23)18-7-1-2-8-18/h5-6,11,13H,1-4,7-10H2,(H,17,19)(H,20,21). The van der Waals surface area contributed by atoms with Crippen LogP contribution < -0.4 is 5.32 Å². The Kier molecular flexibility index (Phi) is 5.45. The maximum absolute atomic E-state index is 12.5. The highest BCUT2D eigenvalue weighted by Gasteiger charge is 2.31. The summed E-state index contributed by atoms with van der Waals surface area (Å²) >= 11 is 1.08. The number of aliphatic carboxylic acids is 1. The van der Waals surface area contributed by atoms with Crippen molar-refractivity contribution in [3.05, 3.63) is 17.0 Å². The second-order valence-electron chi connectivity index (χ2n) is 6.65. The quantitative estimate of drug-likeness (QED) is 0.704. The zero-order valence-corrected chi connectivity index (χ0v) is 15.4. The lowest BCUT2D eigenvalue weighted by molar-refractivity contribution is -0.142. The van der Waals surface area contributed by atoms with Crippen LogP contribution in [0.2, 0.25) is 0 Å². The Morgan fingerprint density at radius 1 is 1.28 bits per heavy atom. The summed E-state index contributed by atoms with van der Waals surface area (Å²) in [5, 5.41) is 11.7. The summed E-state index contributed by atoms with van der Waals surface area (Å²) in [5.74, 6) is -1.02. The van der Waals surface area contributed by atoms with E-state index >= 15 is 0 Å². The van der Waals surface area contributed by atoms with E-state index < -0.39 is 22.0 Å². The Morgan fingerprint density at radius 2 is 1.96 bits per heavy atom. The minimum Gasteiger partial charge on any atom is -0.480 e. The zero-order chi connectivity index (χ0) is 18.0. The van der Waals surface area contributed by atoms with E-state index in [2.05, 4.69) is 5.32 Å². The maximum atomic E-state index is 12.5. The van der Waals surface area contributed by atoms with Gasteiger partial charge in [0.15, 0.2) is 0 Å². The van der Waals surface area contributed by atoms with Crippen LogP contribution >= 0.6 is 11.3 Å². The average molecular weight is 386 g/mol. The first-order valence-corrected chi connectivity index (χ1v) is 10.7. The van der Waals surface area contributed by atoms with E-state index in [9.17, 15) is 23.1 Å². The molecule has 1 aromatic rings. The maximum Gasteiger partial charge on any atom is 0.326 e. The number of amides is 1. The molecule has 0 aromatic carbocycles. The Balaban J connectivity index is 1.60. The van der Waals surface area contributed by atoms with Crippen LogP contribution in [0.5, 0.6) is 0 Å². The number of carbonyl (C=O) groups is 2. The monoisotopic (exact) mass is 386 g/mol. The van der Waals surface area contributed by atoms with Gasteiger partial charge >= 0.3 is 5.97 Å². The molecule has 9 heteroatoms. The molecule has 1 atom stereocenters.